The van der Waals surface area contributed by atoms with Gasteiger partial charge in [0.15, 0.2) is 0 Å². The number of piperazine rings is 1. The van der Waals surface area contributed by atoms with Crippen LogP contribution in [0.15, 0.2) is 48.5 Å². The lowest BCUT2D eigenvalue weighted by Gasteiger charge is -2.36. The van der Waals surface area contributed by atoms with E-state index in [-0.39, 0.29) is 11.6 Å². The molecule has 10 heteroatoms. The number of anilines is 2. The number of non-ortho nitro benzene ring substituents is 1. The Morgan fingerprint density at radius 1 is 1.00 bits per heavy atom. The average molecular weight is 404 g/mol. The van der Waals surface area contributed by atoms with Crippen molar-refractivity contribution in [1.82, 2.24) is 4.90 Å². The first-order valence-corrected chi connectivity index (χ1v) is 10.5. The zero-order valence-corrected chi connectivity index (χ0v) is 16.1. The van der Waals surface area contributed by atoms with Crippen LogP contribution in [0.4, 0.5) is 17.1 Å². The zero-order valence-electron chi connectivity index (χ0n) is 15.2. The Balaban J connectivity index is 1.59. The van der Waals surface area contributed by atoms with Crippen LogP contribution in [0.25, 0.3) is 0 Å². The van der Waals surface area contributed by atoms with Gasteiger partial charge in [0.05, 0.1) is 11.2 Å². The highest BCUT2D eigenvalue weighted by Crippen LogP contribution is 2.21. The standard InChI is InChI=1S/C18H20N4O5S/c1-28(26,27)19-15-4-2-14(3-5-15)18(23)21-12-10-20(11-13-21)16-6-8-17(9-7-16)22(24)25/h2-9,19H,10-13H2,1H3. The van der Waals surface area contributed by atoms with Crippen molar-refractivity contribution in [2.75, 3.05) is 42.1 Å². The van der Waals surface area contributed by atoms with Crippen molar-refractivity contribution in [2.45, 2.75) is 0 Å². The van der Waals surface area contributed by atoms with Gasteiger partial charge in [-0.15, -0.1) is 0 Å². The number of amides is 1. The number of nitro benzene ring substituents is 1. The highest BCUT2D eigenvalue weighted by Gasteiger charge is 2.22. The minimum Gasteiger partial charge on any atom is -0.368 e. The van der Waals surface area contributed by atoms with Crippen LogP contribution in [-0.2, 0) is 10.0 Å². The monoisotopic (exact) mass is 404 g/mol. The number of hydrogen-bond donors (Lipinski definition) is 1. The van der Waals surface area contributed by atoms with Crippen LogP contribution < -0.4 is 9.62 Å². The van der Waals surface area contributed by atoms with E-state index in [1.54, 1.807) is 41.3 Å². The van der Waals surface area contributed by atoms with Crippen molar-refractivity contribution in [3.8, 4) is 0 Å². The van der Waals surface area contributed by atoms with Gasteiger partial charge in [0.1, 0.15) is 0 Å². The number of nitro groups is 1. The molecule has 28 heavy (non-hydrogen) atoms. The number of benzene rings is 2. The maximum atomic E-state index is 12.7. The van der Waals surface area contributed by atoms with E-state index >= 15 is 0 Å². The largest absolute Gasteiger partial charge is 0.368 e. The Kier molecular flexibility index (Phi) is 5.50. The number of sulfonamides is 1. The van der Waals surface area contributed by atoms with Crippen LogP contribution in [0.2, 0.25) is 0 Å². The molecule has 1 heterocycles. The average Bonchev–Trinajstić information content (AvgIpc) is 2.67. The Morgan fingerprint density at radius 2 is 1.57 bits per heavy atom. The first-order chi connectivity index (χ1) is 13.2. The molecule has 0 aromatic heterocycles. The summed E-state index contributed by atoms with van der Waals surface area (Å²) in [7, 11) is -3.36. The predicted octanol–water partition coefficient (Wildman–Crippen LogP) is 1.93. The Labute approximate surface area is 162 Å². The number of carbonyl (C=O) groups is 1. The van der Waals surface area contributed by atoms with Gasteiger partial charge in [0, 0.05) is 55.2 Å². The van der Waals surface area contributed by atoms with Crippen molar-refractivity contribution in [3.05, 3.63) is 64.2 Å². The second kappa shape index (κ2) is 7.85. The molecule has 2 aromatic rings. The second-order valence-corrected chi connectivity index (χ2v) is 8.25. The van der Waals surface area contributed by atoms with E-state index < -0.39 is 14.9 Å². The summed E-state index contributed by atoms with van der Waals surface area (Å²) in [4.78, 5) is 26.8. The minimum atomic E-state index is -3.36. The van der Waals surface area contributed by atoms with Crippen LogP contribution >= 0.6 is 0 Å². The normalized spacial score (nSPS) is 14.6. The van der Waals surface area contributed by atoms with Crippen molar-refractivity contribution in [2.24, 2.45) is 0 Å². The number of nitrogens with zero attached hydrogens (tertiary/aromatic N) is 3. The fraction of sp³-hybridized carbons (Fsp3) is 0.278. The lowest BCUT2D eigenvalue weighted by molar-refractivity contribution is -0.384. The molecular formula is C18H20N4O5S. The van der Waals surface area contributed by atoms with Gasteiger partial charge in [0.25, 0.3) is 11.6 Å². The molecule has 0 atom stereocenters. The van der Waals surface area contributed by atoms with Crippen LogP contribution in [0.1, 0.15) is 10.4 Å². The summed E-state index contributed by atoms with van der Waals surface area (Å²) in [5.74, 6) is -0.116. The molecule has 1 aliphatic rings. The summed E-state index contributed by atoms with van der Waals surface area (Å²) < 4.78 is 24.8. The maximum absolute atomic E-state index is 12.7. The SMILES string of the molecule is CS(=O)(=O)Nc1ccc(C(=O)N2CCN(c3ccc([N+](=O)[O-])cc3)CC2)cc1. The zero-order chi connectivity index (χ0) is 20.3. The van der Waals surface area contributed by atoms with Gasteiger partial charge in [-0.2, -0.15) is 0 Å². The van der Waals surface area contributed by atoms with Gasteiger partial charge >= 0.3 is 0 Å². The first kappa shape index (κ1) is 19.6. The van der Waals surface area contributed by atoms with E-state index in [9.17, 15) is 23.3 Å². The molecule has 0 unspecified atom stereocenters. The third-order valence-electron chi connectivity index (χ3n) is 4.43. The Bertz CT molecular complexity index is 966. The summed E-state index contributed by atoms with van der Waals surface area (Å²) in [5.41, 5.74) is 1.82. The number of nitrogens with one attached hydrogen (secondary N) is 1. The predicted molar refractivity (Wildman–Crippen MR) is 106 cm³/mol. The molecule has 0 spiro atoms. The first-order valence-electron chi connectivity index (χ1n) is 8.59. The van der Waals surface area contributed by atoms with E-state index in [0.717, 1.165) is 11.9 Å². The van der Waals surface area contributed by atoms with Crippen LogP contribution in [0.3, 0.4) is 0 Å². The summed E-state index contributed by atoms with van der Waals surface area (Å²) >= 11 is 0. The van der Waals surface area contributed by atoms with Crippen molar-refractivity contribution in [1.29, 1.82) is 0 Å². The molecule has 1 amide bonds. The summed E-state index contributed by atoms with van der Waals surface area (Å²) in [6.07, 6.45) is 1.07. The topological polar surface area (TPSA) is 113 Å². The van der Waals surface area contributed by atoms with Gasteiger partial charge in [0.2, 0.25) is 10.0 Å². The van der Waals surface area contributed by atoms with Gasteiger partial charge < -0.3 is 9.80 Å². The van der Waals surface area contributed by atoms with Crippen molar-refractivity contribution >= 4 is 33.0 Å². The molecule has 1 N–H and O–H groups in total. The molecule has 2 aromatic carbocycles. The van der Waals surface area contributed by atoms with E-state index in [1.165, 1.54) is 12.1 Å². The minimum absolute atomic E-state index is 0.0476. The smallest absolute Gasteiger partial charge is 0.269 e. The summed E-state index contributed by atoms with van der Waals surface area (Å²) in [6, 6.07) is 12.7. The molecule has 1 fully saturated rings. The molecule has 0 saturated carbocycles. The third-order valence-corrected chi connectivity index (χ3v) is 5.03. The van der Waals surface area contributed by atoms with Gasteiger partial charge in [-0.25, -0.2) is 8.42 Å². The molecule has 0 aliphatic carbocycles. The highest BCUT2D eigenvalue weighted by molar-refractivity contribution is 7.92. The fourth-order valence-electron chi connectivity index (χ4n) is 3.03. The van der Waals surface area contributed by atoms with Crippen LogP contribution in [0.5, 0.6) is 0 Å². The summed E-state index contributed by atoms with van der Waals surface area (Å²) in [5, 5.41) is 10.7. The quantitative estimate of drug-likeness (QED) is 0.602. The molecule has 1 aliphatic heterocycles. The van der Waals surface area contributed by atoms with E-state index in [2.05, 4.69) is 9.62 Å². The van der Waals surface area contributed by atoms with Gasteiger partial charge in [-0.05, 0) is 36.4 Å². The van der Waals surface area contributed by atoms with E-state index in [1.807, 2.05) is 0 Å². The third kappa shape index (κ3) is 4.77. The fourth-order valence-corrected chi connectivity index (χ4v) is 3.59. The molecule has 3 rings (SSSR count). The molecule has 0 radical (unpaired) electrons. The van der Waals surface area contributed by atoms with Crippen molar-refractivity contribution < 1.29 is 18.1 Å². The molecule has 0 bridgehead atoms. The summed E-state index contributed by atoms with van der Waals surface area (Å²) in [6.45, 7) is 2.30. The number of carbonyl (C=O) groups excluding carboxylic acids is 1. The van der Waals surface area contributed by atoms with Crippen LogP contribution in [0, 0.1) is 10.1 Å². The molecule has 1 saturated heterocycles. The Hall–Kier alpha value is -3.14. The van der Waals surface area contributed by atoms with E-state index in [0.29, 0.717) is 37.4 Å². The van der Waals surface area contributed by atoms with E-state index in [4.69, 9.17) is 0 Å². The van der Waals surface area contributed by atoms with Crippen LogP contribution in [-0.4, -0.2) is 56.6 Å². The lowest BCUT2D eigenvalue weighted by Crippen LogP contribution is -2.48. The van der Waals surface area contributed by atoms with Gasteiger partial charge in [-0.3, -0.25) is 19.6 Å². The highest BCUT2D eigenvalue weighted by atomic mass is 32.2. The molecular weight excluding hydrogens is 384 g/mol. The maximum Gasteiger partial charge on any atom is 0.269 e. The lowest BCUT2D eigenvalue weighted by atomic mass is 10.1. The number of hydrogen-bond acceptors (Lipinski definition) is 6. The molecule has 9 nitrogen and oxygen atoms in total. The Morgan fingerprint density at radius 3 is 2.07 bits per heavy atom. The second-order valence-electron chi connectivity index (χ2n) is 6.50. The van der Waals surface area contributed by atoms with Gasteiger partial charge in [-0.1, -0.05) is 0 Å². The molecule has 148 valence electrons. The number of rotatable bonds is 5. The van der Waals surface area contributed by atoms with Crippen molar-refractivity contribution in [3.63, 3.8) is 0 Å².